The summed E-state index contributed by atoms with van der Waals surface area (Å²) in [5.74, 6) is 0.127. The molecule has 3 nitrogen and oxygen atoms in total. The Labute approximate surface area is 90.1 Å². The number of carbonyl (C=O) groups is 1. The number of amides is 1. The van der Waals surface area contributed by atoms with Gasteiger partial charge in [-0.1, -0.05) is 6.92 Å². The monoisotopic (exact) mass is 207 g/mol. The van der Waals surface area contributed by atoms with Crippen molar-refractivity contribution in [3.63, 3.8) is 0 Å². The molecule has 2 N–H and O–H groups in total. The molecule has 1 amide bonds. The van der Waals surface area contributed by atoms with Gasteiger partial charge in [-0.05, 0) is 44.0 Å². The molecule has 0 heterocycles. The molecule has 1 aromatic carbocycles. The standard InChI is InChI=1S/C12H17NO2/c1-4-9(3)13-12(15)10-5-6-11(14)8(2)7-10/h5-7,9,14H,4H2,1-3H3,(H,13,15). The number of benzene rings is 1. The lowest BCUT2D eigenvalue weighted by Gasteiger charge is -2.11. The van der Waals surface area contributed by atoms with Crippen LogP contribution in [0.4, 0.5) is 0 Å². The number of phenolic OH excluding ortho intramolecular Hbond substituents is 1. The van der Waals surface area contributed by atoms with Crippen LogP contribution in [0.3, 0.4) is 0 Å². The van der Waals surface area contributed by atoms with Gasteiger partial charge in [-0.2, -0.15) is 0 Å². The van der Waals surface area contributed by atoms with Crippen LogP contribution in [0.15, 0.2) is 18.2 Å². The van der Waals surface area contributed by atoms with Crippen molar-refractivity contribution < 1.29 is 9.90 Å². The van der Waals surface area contributed by atoms with E-state index in [1.165, 1.54) is 0 Å². The molecule has 1 aromatic rings. The maximum atomic E-state index is 11.7. The van der Waals surface area contributed by atoms with Gasteiger partial charge in [0.25, 0.3) is 5.91 Å². The van der Waals surface area contributed by atoms with Crippen LogP contribution in [0.2, 0.25) is 0 Å². The van der Waals surface area contributed by atoms with Crippen molar-refractivity contribution in [2.75, 3.05) is 0 Å². The Morgan fingerprint density at radius 2 is 2.20 bits per heavy atom. The lowest BCUT2D eigenvalue weighted by molar-refractivity contribution is 0.0939. The zero-order chi connectivity index (χ0) is 11.4. The van der Waals surface area contributed by atoms with Crippen molar-refractivity contribution in [2.45, 2.75) is 33.2 Å². The molecule has 1 unspecified atom stereocenters. The number of nitrogens with one attached hydrogen (secondary N) is 1. The predicted molar refractivity (Wildman–Crippen MR) is 60.1 cm³/mol. The summed E-state index contributed by atoms with van der Waals surface area (Å²) in [5.41, 5.74) is 1.30. The molecule has 0 aromatic heterocycles. The molecule has 3 heteroatoms. The summed E-state index contributed by atoms with van der Waals surface area (Å²) < 4.78 is 0. The number of aromatic hydroxyl groups is 1. The predicted octanol–water partition coefficient (Wildman–Crippen LogP) is 2.23. The molecule has 0 aliphatic carbocycles. The quantitative estimate of drug-likeness (QED) is 0.798. The second-order valence-corrected chi connectivity index (χ2v) is 3.78. The van der Waals surface area contributed by atoms with Gasteiger partial charge < -0.3 is 10.4 Å². The first-order valence-electron chi connectivity index (χ1n) is 5.15. The molecular weight excluding hydrogens is 190 g/mol. The van der Waals surface area contributed by atoms with Gasteiger partial charge in [0, 0.05) is 11.6 Å². The van der Waals surface area contributed by atoms with Gasteiger partial charge in [0.2, 0.25) is 0 Å². The third-order valence-corrected chi connectivity index (χ3v) is 2.45. The first-order valence-corrected chi connectivity index (χ1v) is 5.15. The molecule has 0 fully saturated rings. The molecule has 0 saturated carbocycles. The van der Waals surface area contributed by atoms with Crippen LogP contribution in [-0.4, -0.2) is 17.1 Å². The second-order valence-electron chi connectivity index (χ2n) is 3.78. The minimum Gasteiger partial charge on any atom is -0.508 e. The molecular formula is C12H17NO2. The first-order chi connectivity index (χ1) is 7.04. The van der Waals surface area contributed by atoms with Crippen molar-refractivity contribution >= 4 is 5.91 Å². The van der Waals surface area contributed by atoms with Gasteiger partial charge in [-0.3, -0.25) is 4.79 Å². The highest BCUT2D eigenvalue weighted by Gasteiger charge is 2.09. The van der Waals surface area contributed by atoms with Crippen LogP contribution < -0.4 is 5.32 Å². The Balaban J connectivity index is 2.78. The maximum absolute atomic E-state index is 11.7. The van der Waals surface area contributed by atoms with E-state index >= 15 is 0 Å². The average molecular weight is 207 g/mol. The number of hydrogen-bond acceptors (Lipinski definition) is 2. The largest absolute Gasteiger partial charge is 0.508 e. The Kier molecular flexibility index (Phi) is 3.72. The molecule has 0 aliphatic rings. The van der Waals surface area contributed by atoms with Crippen LogP contribution in [0.25, 0.3) is 0 Å². The van der Waals surface area contributed by atoms with Gasteiger partial charge in [0.1, 0.15) is 5.75 Å². The normalized spacial score (nSPS) is 12.2. The maximum Gasteiger partial charge on any atom is 0.251 e. The Bertz CT molecular complexity index is 361. The number of carbonyl (C=O) groups excluding carboxylic acids is 1. The summed E-state index contributed by atoms with van der Waals surface area (Å²) in [6.07, 6.45) is 0.906. The summed E-state index contributed by atoms with van der Waals surface area (Å²) in [6.45, 7) is 5.76. The summed E-state index contributed by atoms with van der Waals surface area (Å²) in [7, 11) is 0. The fourth-order valence-electron chi connectivity index (χ4n) is 1.21. The van der Waals surface area contributed by atoms with Gasteiger partial charge in [-0.15, -0.1) is 0 Å². The highest BCUT2D eigenvalue weighted by atomic mass is 16.3. The van der Waals surface area contributed by atoms with E-state index in [9.17, 15) is 9.90 Å². The molecule has 0 bridgehead atoms. The van der Waals surface area contributed by atoms with E-state index < -0.39 is 0 Å². The molecule has 15 heavy (non-hydrogen) atoms. The van der Waals surface area contributed by atoms with E-state index in [0.29, 0.717) is 11.1 Å². The van der Waals surface area contributed by atoms with E-state index in [1.807, 2.05) is 13.8 Å². The third kappa shape index (κ3) is 2.98. The van der Waals surface area contributed by atoms with Crippen molar-refractivity contribution in [2.24, 2.45) is 0 Å². The number of hydrogen-bond donors (Lipinski definition) is 2. The summed E-state index contributed by atoms with van der Waals surface area (Å²) in [4.78, 5) is 11.7. The minimum absolute atomic E-state index is 0.0903. The molecule has 0 radical (unpaired) electrons. The highest BCUT2D eigenvalue weighted by Crippen LogP contribution is 2.16. The first kappa shape index (κ1) is 11.6. The van der Waals surface area contributed by atoms with E-state index in [2.05, 4.69) is 5.32 Å². The van der Waals surface area contributed by atoms with Gasteiger partial charge in [0.05, 0.1) is 0 Å². The Morgan fingerprint density at radius 3 is 2.73 bits per heavy atom. The minimum atomic E-state index is -0.0903. The number of rotatable bonds is 3. The second kappa shape index (κ2) is 4.82. The van der Waals surface area contributed by atoms with Crippen molar-refractivity contribution in [1.29, 1.82) is 0 Å². The summed E-state index contributed by atoms with van der Waals surface area (Å²) in [6, 6.07) is 5.03. The smallest absolute Gasteiger partial charge is 0.251 e. The molecule has 82 valence electrons. The zero-order valence-corrected chi connectivity index (χ0v) is 9.37. The van der Waals surface area contributed by atoms with E-state index in [1.54, 1.807) is 25.1 Å². The van der Waals surface area contributed by atoms with E-state index in [4.69, 9.17) is 0 Å². The Morgan fingerprint density at radius 1 is 1.53 bits per heavy atom. The van der Waals surface area contributed by atoms with Crippen molar-refractivity contribution in [1.82, 2.24) is 5.32 Å². The average Bonchev–Trinajstić information content (AvgIpc) is 2.21. The van der Waals surface area contributed by atoms with Crippen LogP contribution in [0.1, 0.15) is 36.2 Å². The lowest BCUT2D eigenvalue weighted by Crippen LogP contribution is -2.31. The molecule has 0 spiro atoms. The van der Waals surface area contributed by atoms with Gasteiger partial charge >= 0.3 is 0 Å². The molecule has 0 saturated heterocycles. The molecule has 1 rings (SSSR count). The highest BCUT2D eigenvalue weighted by molar-refractivity contribution is 5.94. The van der Waals surface area contributed by atoms with Gasteiger partial charge in [0.15, 0.2) is 0 Å². The summed E-state index contributed by atoms with van der Waals surface area (Å²) >= 11 is 0. The lowest BCUT2D eigenvalue weighted by atomic mass is 10.1. The molecule has 0 aliphatic heterocycles. The SMILES string of the molecule is CCC(C)NC(=O)c1ccc(O)c(C)c1. The fourth-order valence-corrected chi connectivity index (χ4v) is 1.21. The third-order valence-electron chi connectivity index (χ3n) is 2.45. The van der Waals surface area contributed by atoms with Gasteiger partial charge in [-0.25, -0.2) is 0 Å². The van der Waals surface area contributed by atoms with Crippen LogP contribution in [-0.2, 0) is 0 Å². The number of aryl methyl sites for hydroxylation is 1. The van der Waals surface area contributed by atoms with Crippen molar-refractivity contribution in [3.8, 4) is 5.75 Å². The van der Waals surface area contributed by atoms with Crippen LogP contribution in [0.5, 0.6) is 5.75 Å². The van der Waals surface area contributed by atoms with Crippen LogP contribution in [0, 0.1) is 6.92 Å². The molecule has 1 atom stereocenters. The van der Waals surface area contributed by atoms with Crippen molar-refractivity contribution in [3.05, 3.63) is 29.3 Å². The summed E-state index contributed by atoms with van der Waals surface area (Å²) in [5, 5.41) is 12.2. The zero-order valence-electron chi connectivity index (χ0n) is 9.37. The van der Waals surface area contributed by atoms with Crippen LogP contribution >= 0.6 is 0 Å². The number of phenols is 1. The topological polar surface area (TPSA) is 49.3 Å². The van der Waals surface area contributed by atoms with E-state index in [0.717, 1.165) is 6.42 Å². The Hall–Kier alpha value is -1.51. The fraction of sp³-hybridized carbons (Fsp3) is 0.417. The van der Waals surface area contributed by atoms with E-state index in [-0.39, 0.29) is 17.7 Å².